The quantitative estimate of drug-likeness (QED) is 0.0707. The normalized spacial score (nSPS) is 11.1. The summed E-state index contributed by atoms with van der Waals surface area (Å²) in [7, 11) is 0. The van der Waals surface area contributed by atoms with Gasteiger partial charge in [0.1, 0.15) is 24.9 Å². The van der Waals surface area contributed by atoms with E-state index >= 15 is 0 Å². The lowest BCUT2D eigenvalue weighted by atomic mass is 10.1. The van der Waals surface area contributed by atoms with Gasteiger partial charge in [0, 0.05) is 24.4 Å². The predicted octanol–water partition coefficient (Wildman–Crippen LogP) is 7.78. The molecule has 1 rings (SSSR count). The topological polar surface area (TPSA) is 79.6 Å². The highest BCUT2D eigenvalue weighted by atomic mass is 16.6. The molecule has 0 aliphatic carbocycles. The van der Waals surface area contributed by atoms with Gasteiger partial charge in [-0.25, -0.2) is 9.59 Å². The molecule has 6 nitrogen and oxygen atoms in total. The molecule has 1 aromatic carbocycles. The van der Waals surface area contributed by atoms with Gasteiger partial charge in [0.15, 0.2) is 0 Å². The van der Waals surface area contributed by atoms with Crippen LogP contribution in [0.25, 0.3) is 6.08 Å². The molecule has 0 N–H and O–H groups in total. The van der Waals surface area contributed by atoms with Crippen LogP contribution in [0.1, 0.15) is 103 Å². The van der Waals surface area contributed by atoms with Gasteiger partial charge in [0.25, 0.3) is 0 Å². The van der Waals surface area contributed by atoms with Gasteiger partial charge in [-0.1, -0.05) is 96.8 Å². The molecular formula is C32H48N2O4. The molecule has 0 spiro atoms. The van der Waals surface area contributed by atoms with Gasteiger partial charge in [-0.3, -0.25) is 0 Å². The number of ether oxygens (including phenoxy) is 2. The number of hydrogen-bond acceptors (Lipinski definition) is 6. The zero-order valence-electron chi connectivity index (χ0n) is 23.9. The molecule has 0 aliphatic heterocycles. The predicted molar refractivity (Wildman–Crippen MR) is 156 cm³/mol. The summed E-state index contributed by atoms with van der Waals surface area (Å²) >= 11 is 0. The number of unbranched alkanes of at least 4 members (excludes halogenated alkanes) is 10. The zero-order valence-corrected chi connectivity index (χ0v) is 23.9. The molecule has 0 heterocycles. The van der Waals surface area contributed by atoms with Crippen molar-refractivity contribution < 1.29 is 19.1 Å². The first-order valence-electron chi connectivity index (χ1n) is 14.4. The van der Waals surface area contributed by atoms with E-state index in [4.69, 9.17) is 9.47 Å². The molecular weight excluding hydrogens is 476 g/mol. The van der Waals surface area contributed by atoms with Crippen molar-refractivity contribution in [1.29, 1.82) is 5.26 Å². The Morgan fingerprint density at radius 3 is 1.76 bits per heavy atom. The van der Waals surface area contributed by atoms with E-state index in [0.29, 0.717) is 0 Å². The molecule has 0 saturated carbocycles. The second-order valence-electron chi connectivity index (χ2n) is 9.84. The smallest absolute Gasteiger partial charge is 0.349 e. The minimum atomic E-state index is -0.740. The number of carbonyl (C=O) groups excluding carboxylic acids is 2. The average molecular weight is 525 g/mol. The molecule has 38 heavy (non-hydrogen) atoms. The van der Waals surface area contributed by atoms with Crippen LogP contribution in [-0.2, 0) is 19.1 Å². The van der Waals surface area contributed by atoms with Crippen LogP contribution < -0.4 is 4.90 Å². The third kappa shape index (κ3) is 14.6. The van der Waals surface area contributed by atoms with E-state index < -0.39 is 11.9 Å². The molecule has 0 atom stereocenters. The van der Waals surface area contributed by atoms with Crippen molar-refractivity contribution in [3.8, 4) is 6.07 Å². The van der Waals surface area contributed by atoms with E-state index in [1.54, 1.807) is 6.92 Å². The van der Waals surface area contributed by atoms with Gasteiger partial charge >= 0.3 is 11.9 Å². The first kappa shape index (κ1) is 33.0. The fourth-order valence-corrected chi connectivity index (χ4v) is 4.09. The Morgan fingerprint density at radius 1 is 0.816 bits per heavy atom. The van der Waals surface area contributed by atoms with Crippen LogP contribution in [0, 0.1) is 11.3 Å². The van der Waals surface area contributed by atoms with E-state index in [0.717, 1.165) is 18.7 Å². The van der Waals surface area contributed by atoms with E-state index in [-0.39, 0.29) is 24.4 Å². The zero-order chi connectivity index (χ0) is 28.0. The molecule has 0 amide bonds. The molecule has 1 aromatic rings. The summed E-state index contributed by atoms with van der Waals surface area (Å²) < 4.78 is 9.98. The monoisotopic (exact) mass is 524 g/mol. The van der Waals surface area contributed by atoms with Crippen molar-refractivity contribution in [3.05, 3.63) is 47.6 Å². The van der Waals surface area contributed by atoms with Crippen molar-refractivity contribution in [1.82, 2.24) is 0 Å². The Morgan fingerprint density at radius 2 is 1.29 bits per heavy atom. The maximum atomic E-state index is 12.3. The summed E-state index contributed by atoms with van der Waals surface area (Å²) in [5.41, 5.74) is 2.11. The van der Waals surface area contributed by atoms with E-state index in [2.05, 4.69) is 37.5 Å². The van der Waals surface area contributed by atoms with E-state index in [9.17, 15) is 14.9 Å². The van der Waals surface area contributed by atoms with Crippen LogP contribution in [0.5, 0.6) is 0 Å². The fourth-order valence-electron chi connectivity index (χ4n) is 4.09. The highest BCUT2D eigenvalue weighted by molar-refractivity contribution is 5.97. The number of anilines is 1. The molecule has 0 fully saturated rings. The Labute approximate surface area is 230 Å². The van der Waals surface area contributed by atoms with Crippen molar-refractivity contribution in [2.75, 3.05) is 31.2 Å². The van der Waals surface area contributed by atoms with Gasteiger partial charge in [-0.05, 0) is 43.5 Å². The van der Waals surface area contributed by atoms with Crippen molar-refractivity contribution in [2.24, 2.45) is 0 Å². The molecule has 0 unspecified atom stereocenters. The molecule has 0 aromatic heterocycles. The van der Waals surface area contributed by atoms with Crippen LogP contribution in [0.2, 0.25) is 0 Å². The van der Waals surface area contributed by atoms with E-state index in [1.807, 2.05) is 18.2 Å². The van der Waals surface area contributed by atoms with Gasteiger partial charge in [0.2, 0.25) is 0 Å². The number of nitrogens with zero attached hydrogens (tertiary/aromatic N) is 2. The molecule has 6 heteroatoms. The van der Waals surface area contributed by atoms with Gasteiger partial charge in [0.05, 0.1) is 0 Å². The van der Waals surface area contributed by atoms with Crippen LogP contribution >= 0.6 is 0 Å². The van der Waals surface area contributed by atoms with Gasteiger partial charge < -0.3 is 14.4 Å². The lowest BCUT2D eigenvalue weighted by Crippen LogP contribution is -2.25. The number of esters is 2. The summed E-state index contributed by atoms with van der Waals surface area (Å²) in [4.78, 5) is 26.1. The SMILES string of the molecule is C=C(C)C(=O)OCCOC(=O)C(C#N)=Cc1ccc(N(CCCCCCCC)CCCCCCCC)cc1. The first-order valence-corrected chi connectivity index (χ1v) is 14.4. The Bertz CT molecular complexity index is 883. The number of rotatable bonds is 21. The summed E-state index contributed by atoms with van der Waals surface area (Å²) in [6.07, 6.45) is 16.8. The molecule has 0 aliphatic rings. The summed E-state index contributed by atoms with van der Waals surface area (Å²) in [6, 6.07) is 9.91. The van der Waals surface area contributed by atoms with Crippen LogP contribution in [0.4, 0.5) is 5.69 Å². The summed E-state index contributed by atoms with van der Waals surface area (Å²) in [5.74, 6) is -1.28. The van der Waals surface area contributed by atoms with Crippen LogP contribution in [0.15, 0.2) is 42.0 Å². The standard InChI is InChI=1S/C32H48N2O4/c1-5-7-9-11-13-15-21-34(22-16-14-12-10-8-6-2)30-19-17-28(18-20-30)25-29(26-33)32(36)38-24-23-37-31(35)27(3)4/h17-20,25H,3,5-16,21-24H2,1-2,4H3. The van der Waals surface area contributed by atoms with E-state index in [1.165, 1.54) is 88.8 Å². The number of carbonyl (C=O) groups is 2. The summed E-state index contributed by atoms with van der Waals surface area (Å²) in [6.45, 7) is 11.4. The second kappa shape index (κ2) is 20.9. The Kier molecular flexibility index (Phi) is 18.2. The molecule has 0 saturated heterocycles. The lowest BCUT2D eigenvalue weighted by Gasteiger charge is -2.25. The number of hydrogen-bond donors (Lipinski definition) is 0. The average Bonchev–Trinajstić information content (AvgIpc) is 2.92. The Hall–Kier alpha value is -3.07. The third-order valence-corrected chi connectivity index (χ3v) is 6.37. The summed E-state index contributed by atoms with van der Waals surface area (Å²) in [5, 5.41) is 9.44. The minimum absolute atomic E-state index is 0.0854. The number of nitriles is 1. The second-order valence-corrected chi connectivity index (χ2v) is 9.84. The maximum absolute atomic E-state index is 12.3. The molecule has 0 bridgehead atoms. The first-order chi connectivity index (χ1) is 18.4. The third-order valence-electron chi connectivity index (χ3n) is 6.37. The van der Waals surface area contributed by atoms with Crippen LogP contribution in [-0.4, -0.2) is 38.2 Å². The number of benzene rings is 1. The lowest BCUT2D eigenvalue weighted by molar-refractivity contribution is -0.147. The van der Waals surface area contributed by atoms with Crippen molar-refractivity contribution >= 4 is 23.7 Å². The largest absolute Gasteiger partial charge is 0.459 e. The van der Waals surface area contributed by atoms with Crippen molar-refractivity contribution in [3.63, 3.8) is 0 Å². The van der Waals surface area contributed by atoms with Crippen molar-refractivity contribution in [2.45, 2.75) is 97.8 Å². The Balaban J connectivity index is 2.71. The molecule has 0 radical (unpaired) electrons. The van der Waals surface area contributed by atoms with Gasteiger partial charge in [-0.2, -0.15) is 5.26 Å². The fraction of sp³-hybridized carbons (Fsp3) is 0.594. The van der Waals surface area contributed by atoms with Crippen LogP contribution in [0.3, 0.4) is 0 Å². The highest BCUT2D eigenvalue weighted by Gasteiger charge is 2.12. The molecule has 210 valence electrons. The maximum Gasteiger partial charge on any atom is 0.349 e. The van der Waals surface area contributed by atoms with Gasteiger partial charge in [-0.15, -0.1) is 0 Å². The highest BCUT2D eigenvalue weighted by Crippen LogP contribution is 2.20. The minimum Gasteiger partial charge on any atom is -0.459 e.